The number of carbonyl (C=O) groups is 1. The van der Waals surface area contributed by atoms with E-state index < -0.39 is 0 Å². The molecule has 5 nitrogen and oxygen atoms in total. The first-order chi connectivity index (χ1) is 11.7. The largest absolute Gasteiger partial charge is 0.315 e. The number of rotatable bonds is 5. The van der Waals surface area contributed by atoms with Crippen LogP contribution in [0.15, 0.2) is 72.1 Å². The van der Waals surface area contributed by atoms with E-state index in [0.29, 0.717) is 5.16 Å². The van der Waals surface area contributed by atoms with Gasteiger partial charge in [0.2, 0.25) is 5.91 Å². The van der Waals surface area contributed by atoms with Gasteiger partial charge in [-0.15, -0.1) is 10.2 Å². The Labute approximate surface area is 145 Å². The number of hydrogen-bond acceptors (Lipinski definition) is 4. The summed E-state index contributed by atoms with van der Waals surface area (Å²) < 4.78 is 1.89. The van der Waals surface area contributed by atoms with Crippen LogP contribution in [0.5, 0.6) is 0 Å². The van der Waals surface area contributed by atoms with Crippen LogP contribution in [0.2, 0.25) is 0 Å². The standard InChI is InChI=1S/C18H18N4OS/c1-14(17(23)21(2)15-9-5-3-6-10-15)24-18-20-19-13-22(18)16-11-7-4-8-12-16/h3-14H,1-2H3/t14-/m1/s1. The second-order valence-electron chi connectivity index (χ2n) is 5.31. The average molecular weight is 338 g/mol. The van der Waals surface area contributed by atoms with E-state index in [-0.39, 0.29) is 11.2 Å². The predicted octanol–water partition coefficient (Wildman–Crippen LogP) is 3.41. The first kappa shape index (κ1) is 16.3. The molecule has 1 atom stereocenters. The lowest BCUT2D eigenvalue weighted by Crippen LogP contribution is -2.33. The summed E-state index contributed by atoms with van der Waals surface area (Å²) in [4.78, 5) is 14.3. The van der Waals surface area contributed by atoms with Crippen LogP contribution in [0.3, 0.4) is 0 Å². The Morgan fingerprint density at radius 1 is 1.08 bits per heavy atom. The van der Waals surface area contributed by atoms with Crippen LogP contribution in [0.1, 0.15) is 6.92 Å². The van der Waals surface area contributed by atoms with E-state index in [1.54, 1.807) is 18.3 Å². The molecule has 0 aliphatic heterocycles. The van der Waals surface area contributed by atoms with Crippen molar-refractivity contribution in [2.45, 2.75) is 17.3 Å². The number of carbonyl (C=O) groups excluding carboxylic acids is 1. The summed E-state index contributed by atoms with van der Waals surface area (Å²) in [6, 6.07) is 19.5. The summed E-state index contributed by atoms with van der Waals surface area (Å²) in [5.41, 5.74) is 1.85. The molecule has 0 fully saturated rings. The van der Waals surface area contributed by atoms with Crippen LogP contribution in [0, 0.1) is 0 Å². The number of anilines is 1. The van der Waals surface area contributed by atoms with E-state index in [0.717, 1.165) is 11.4 Å². The molecular weight excluding hydrogens is 320 g/mol. The van der Waals surface area contributed by atoms with E-state index in [1.165, 1.54) is 11.8 Å². The van der Waals surface area contributed by atoms with Crippen LogP contribution in [0.25, 0.3) is 5.69 Å². The number of hydrogen-bond donors (Lipinski definition) is 0. The van der Waals surface area contributed by atoms with Gasteiger partial charge in [0, 0.05) is 18.4 Å². The van der Waals surface area contributed by atoms with Gasteiger partial charge in [-0.25, -0.2) is 0 Å². The molecule has 2 aromatic carbocycles. The fourth-order valence-electron chi connectivity index (χ4n) is 2.33. The Hall–Kier alpha value is -2.60. The van der Waals surface area contributed by atoms with E-state index >= 15 is 0 Å². The highest BCUT2D eigenvalue weighted by atomic mass is 32.2. The summed E-state index contributed by atoms with van der Waals surface area (Å²) in [6.07, 6.45) is 1.66. The Morgan fingerprint density at radius 3 is 2.38 bits per heavy atom. The molecule has 0 saturated heterocycles. The SMILES string of the molecule is C[C@@H](Sc1nncn1-c1ccccc1)C(=O)N(C)c1ccccc1. The molecule has 1 amide bonds. The number of thioether (sulfide) groups is 1. The van der Waals surface area contributed by atoms with Gasteiger partial charge in [0.25, 0.3) is 0 Å². The quantitative estimate of drug-likeness (QED) is 0.669. The Morgan fingerprint density at radius 2 is 1.71 bits per heavy atom. The molecule has 1 aromatic heterocycles. The molecule has 3 aromatic rings. The first-order valence-electron chi connectivity index (χ1n) is 7.61. The van der Waals surface area contributed by atoms with Crippen LogP contribution in [-0.4, -0.2) is 33.0 Å². The molecule has 1 heterocycles. The highest BCUT2D eigenvalue weighted by Crippen LogP contribution is 2.26. The van der Waals surface area contributed by atoms with Gasteiger partial charge in [0.15, 0.2) is 5.16 Å². The second kappa shape index (κ2) is 7.31. The van der Waals surface area contributed by atoms with Gasteiger partial charge in [-0.05, 0) is 31.2 Å². The number of para-hydroxylation sites is 2. The van der Waals surface area contributed by atoms with E-state index in [9.17, 15) is 4.79 Å². The molecule has 0 spiro atoms. The van der Waals surface area contributed by atoms with Crippen molar-refractivity contribution in [1.82, 2.24) is 14.8 Å². The number of nitrogens with zero attached hydrogens (tertiary/aromatic N) is 4. The highest BCUT2D eigenvalue weighted by molar-refractivity contribution is 8.00. The first-order valence-corrected chi connectivity index (χ1v) is 8.49. The van der Waals surface area contributed by atoms with Gasteiger partial charge in [0.05, 0.1) is 5.25 Å². The van der Waals surface area contributed by atoms with Crippen LogP contribution >= 0.6 is 11.8 Å². The van der Waals surface area contributed by atoms with Crippen molar-refractivity contribution < 1.29 is 4.79 Å². The molecule has 24 heavy (non-hydrogen) atoms. The number of benzene rings is 2. The zero-order valence-electron chi connectivity index (χ0n) is 13.5. The zero-order valence-corrected chi connectivity index (χ0v) is 14.4. The third-order valence-electron chi connectivity index (χ3n) is 3.65. The lowest BCUT2D eigenvalue weighted by Gasteiger charge is -2.21. The molecule has 0 N–H and O–H groups in total. The molecule has 3 rings (SSSR count). The Kier molecular flexibility index (Phi) is 4.96. The van der Waals surface area contributed by atoms with Gasteiger partial charge in [-0.1, -0.05) is 48.2 Å². The summed E-state index contributed by atoms with van der Waals surface area (Å²) in [6.45, 7) is 1.89. The smallest absolute Gasteiger partial charge is 0.240 e. The fourth-order valence-corrected chi connectivity index (χ4v) is 3.27. The van der Waals surface area contributed by atoms with Crippen molar-refractivity contribution >= 4 is 23.4 Å². The number of aromatic nitrogens is 3. The van der Waals surface area contributed by atoms with Crippen molar-refractivity contribution in [1.29, 1.82) is 0 Å². The molecule has 6 heteroatoms. The van der Waals surface area contributed by atoms with Gasteiger partial charge in [-0.2, -0.15) is 0 Å². The highest BCUT2D eigenvalue weighted by Gasteiger charge is 2.22. The molecular formula is C18H18N4OS. The minimum absolute atomic E-state index is 0.0220. The van der Waals surface area contributed by atoms with Gasteiger partial charge >= 0.3 is 0 Å². The maximum Gasteiger partial charge on any atom is 0.240 e. The van der Waals surface area contributed by atoms with Crippen molar-refractivity contribution in [3.8, 4) is 5.69 Å². The van der Waals surface area contributed by atoms with Crippen molar-refractivity contribution in [3.63, 3.8) is 0 Å². The van der Waals surface area contributed by atoms with Crippen LogP contribution < -0.4 is 4.90 Å². The van der Waals surface area contributed by atoms with Crippen molar-refractivity contribution in [2.24, 2.45) is 0 Å². The maximum atomic E-state index is 12.7. The van der Waals surface area contributed by atoms with Crippen molar-refractivity contribution in [2.75, 3.05) is 11.9 Å². The molecule has 0 aliphatic carbocycles. The lowest BCUT2D eigenvalue weighted by molar-refractivity contribution is -0.117. The Bertz CT molecular complexity index is 804. The summed E-state index contributed by atoms with van der Waals surface area (Å²) in [5.74, 6) is 0.0220. The maximum absolute atomic E-state index is 12.7. The second-order valence-corrected chi connectivity index (χ2v) is 6.62. The molecule has 0 unspecified atom stereocenters. The topological polar surface area (TPSA) is 51.0 Å². The molecule has 0 saturated carbocycles. The van der Waals surface area contributed by atoms with Crippen LogP contribution in [-0.2, 0) is 4.79 Å². The van der Waals surface area contributed by atoms with Crippen molar-refractivity contribution in [3.05, 3.63) is 67.0 Å². The summed E-state index contributed by atoms with van der Waals surface area (Å²) in [5, 5.41) is 8.56. The zero-order chi connectivity index (χ0) is 16.9. The average Bonchev–Trinajstić information content (AvgIpc) is 3.10. The predicted molar refractivity (Wildman–Crippen MR) is 96.5 cm³/mol. The minimum Gasteiger partial charge on any atom is -0.315 e. The minimum atomic E-state index is -0.276. The third kappa shape index (κ3) is 3.49. The molecule has 0 radical (unpaired) electrons. The fraction of sp³-hybridized carbons (Fsp3) is 0.167. The van der Waals surface area contributed by atoms with Gasteiger partial charge in [0.1, 0.15) is 6.33 Å². The number of amides is 1. The monoisotopic (exact) mass is 338 g/mol. The normalized spacial score (nSPS) is 11.9. The molecule has 0 bridgehead atoms. The summed E-state index contributed by atoms with van der Waals surface area (Å²) in [7, 11) is 1.79. The van der Waals surface area contributed by atoms with Gasteiger partial charge in [-0.3, -0.25) is 9.36 Å². The van der Waals surface area contributed by atoms with E-state index in [4.69, 9.17) is 0 Å². The van der Waals surface area contributed by atoms with Gasteiger partial charge < -0.3 is 4.90 Å². The molecule has 0 aliphatic rings. The van der Waals surface area contributed by atoms with E-state index in [1.807, 2.05) is 72.2 Å². The summed E-state index contributed by atoms with van der Waals surface area (Å²) >= 11 is 1.40. The third-order valence-corrected chi connectivity index (χ3v) is 4.70. The Balaban J connectivity index is 1.75. The van der Waals surface area contributed by atoms with E-state index in [2.05, 4.69) is 10.2 Å². The lowest BCUT2D eigenvalue weighted by atomic mass is 10.3. The van der Waals surface area contributed by atoms with Crippen LogP contribution in [0.4, 0.5) is 5.69 Å². The molecule has 122 valence electrons.